The number of allylic oxidation sites excluding steroid dienone is 8. The highest BCUT2D eigenvalue weighted by atomic mass is 15.1. The number of aliphatic imine (C=N–C) groups is 1. The molecular weight excluding hydrogens is 426 g/mol. The summed E-state index contributed by atoms with van der Waals surface area (Å²) < 4.78 is 0. The maximum Gasteiger partial charge on any atom is 0.129 e. The maximum atomic E-state index is 5.31. The van der Waals surface area contributed by atoms with Crippen LogP contribution in [0.4, 0.5) is 5.82 Å². The second-order valence-electron chi connectivity index (χ2n) is 11.5. The third-order valence-electron chi connectivity index (χ3n) is 6.52. The van der Waals surface area contributed by atoms with E-state index in [1.165, 1.54) is 33.7 Å². The topological polar surface area (TPSA) is 37.3 Å². The Balaban J connectivity index is 2.35. The van der Waals surface area contributed by atoms with Crippen LogP contribution in [0, 0.1) is 11.8 Å². The van der Waals surface area contributed by atoms with Crippen molar-refractivity contribution in [3.63, 3.8) is 0 Å². The molecule has 0 fully saturated rings. The summed E-state index contributed by atoms with van der Waals surface area (Å²) >= 11 is 0. The van der Waals surface area contributed by atoms with Gasteiger partial charge in [0.1, 0.15) is 5.82 Å². The molecule has 0 radical (unpaired) electrons. The summed E-state index contributed by atoms with van der Waals surface area (Å²) in [5, 5.41) is 3.63. The van der Waals surface area contributed by atoms with Crippen LogP contribution in [0.1, 0.15) is 99.8 Å². The first-order chi connectivity index (χ1) is 16.4. The summed E-state index contributed by atoms with van der Waals surface area (Å²) in [6.07, 6.45) is 14.0. The van der Waals surface area contributed by atoms with Gasteiger partial charge in [-0.25, -0.2) is 4.98 Å². The Morgan fingerprint density at radius 3 is 2.43 bits per heavy atom. The van der Waals surface area contributed by atoms with E-state index in [1.54, 1.807) is 0 Å². The largest absolute Gasteiger partial charge is 0.365 e. The molecule has 1 aromatic heterocycles. The minimum absolute atomic E-state index is 0.108. The van der Waals surface area contributed by atoms with Crippen molar-refractivity contribution in [2.75, 3.05) is 5.32 Å². The number of hydrogen-bond acceptors (Lipinski definition) is 3. The second-order valence-corrected chi connectivity index (χ2v) is 11.5. The van der Waals surface area contributed by atoms with Crippen LogP contribution in [-0.2, 0) is 12.8 Å². The Morgan fingerprint density at radius 1 is 1.11 bits per heavy atom. The smallest absolute Gasteiger partial charge is 0.129 e. The second kappa shape index (κ2) is 13.0. The van der Waals surface area contributed by atoms with Gasteiger partial charge in [0.05, 0.1) is 5.71 Å². The van der Waals surface area contributed by atoms with Crippen LogP contribution in [0.2, 0.25) is 0 Å². The Labute approximate surface area is 215 Å². The fraction of sp³-hybridized carbons (Fsp3) is 0.562. The van der Waals surface area contributed by atoms with Gasteiger partial charge < -0.3 is 5.32 Å². The molecule has 2 heterocycles. The summed E-state index contributed by atoms with van der Waals surface area (Å²) in [6.45, 7) is 22.2. The number of aromatic nitrogens is 1. The minimum Gasteiger partial charge on any atom is -0.365 e. The van der Waals surface area contributed by atoms with Crippen LogP contribution >= 0.6 is 0 Å². The molecule has 1 aliphatic heterocycles. The first-order valence-electron chi connectivity index (χ1n) is 13.5. The van der Waals surface area contributed by atoms with Crippen molar-refractivity contribution in [1.29, 1.82) is 0 Å². The normalized spacial score (nSPS) is 16.6. The number of nitrogens with one attached hydrogen (secondary N) is 1. The molecule has 1 N–H and O–H groups in total. The Kier molecular flexibility index (Phi) is 10.7. The zero-order valence-electron chi connectivity index (χ0n) is 24.0. The van der Waals surface area contributed by atoms with Gasteiger partial charge in [-0.3, -0.25) is 4.99 Å². The zero-order valence-corrected chi connectivity index (χ0v) is 24.0. The van der Waals surface area contributed by atoms with Gasteiger partial charge in [-0.1, -0.05) is 63.6 Å². The predicted molar refractivity (Wildman–Crippen MR) is 155 cm³/mol. The summed E-state index contributed by atoms with van der Waals surface area (Å²) in [5.74, 6) is 2.04. The van der Waals surface area contributed by atoms with E-state index in [4.69, 9.17) is 9.98 Å². The molecule has 1 aromatic rings. The van der Waals surface area contributed by atoms with E-state index in [0.717, 1.165) is 43.6 Å². The first kappa shape index (κ1) is 28.8. The fourth-order valence-corrected chi connectivity index (χ4v) is 4.33. The van der Waals surface area contributed by atoms with Gasteiger partial charge in [0.25, 0.3) is 0 Å². The lowest BCUT2D eigenvalue weighted by molar-refractivity contribution is 0.498. The van der Waals surface area contributed by atoms with Crippen LogP contribution in [0.3, 0.4) is 0 Å². The molecule has 1 aliphatic rings. The van der Waals surface area contributed by atoms with Crippen molar-refractivity contribution in [1.82, 2.24) is 4.98 Å². The molecule has 3 nitrogen and oxygen atoms in total. The highest BCUT2D eigenvalue weighted by molar-refractivity contribution is 6.05. The lowest BCUT2D eigenvalue weighted by atomic mass is 9.91. The summed E-state index contributed by atoms with van der Waals surface area (Å²) in [4.78, 5) is 10.3. The first-order valence-corrected chi connectivity index (χ1v) is 13.5. The number of pyridine rings is 1. The molecule has 2 rings (SSSR count). The molecule has 0 saturated heterocycles. The van der Waals surface area contributed by atoms with Crippen molar-refractivity contribution in [3.8, 4) is 0 Å². The van der Waals surface area contributed by atoms with Gasteiger partial charge in [0, 0.05) is 16.9 Å². The number of aryl methyl sites for hydroxylation is 2. The average molecular weight is 476 g/mol. The monoisotopic (exact) mass is 475 g/mol. The summed E-state index contributed by atoms with van der Waals surface area (Å²) in [6, 6.07) is 4.45. The molecular formula is C32H49N3. The molecule has 0 unspecified atom stereocenters. The standard InChI is InChI=1S/C32H49N3/c1-11-13-25(8)28(15-12-14-22(2)3)30(24(6)7)34-29(23(4)5)19-18-27-17-16-26-20-21-32(9,10)35-31(26)33-27/h11-13,15-17,22,24H,14,18-21H2,1-10H3,(H,33,35)/b13-11-,15-12-,28-25-,34-30?. The predicted octanol–water partition coefficient (Wildman–Crippen LogP) is 9.04. The number of fused-ring (bicyclic) bond motifs is 1. The highest BCUT2D eigenvalue weighted by Gasteiger charge is 2.25. The molecule has 0 saturated carbocycles. The van der Waals surface area contributed by atoms with Gasteiger partial charge in [-0.05, 0) is 108 Å². The Morgan fingerprint density at radius 2 is 1.83 bits per heavy atom. The van der Waals surface area contributed by atoms with Crippen LogP contribution in [0.25, 0.3) is 0 Å². The van der Waals surface area contributed by atoms with Gasteiger partial charge in [-0.2, -0.15) is 0 Å². The van der Waals surface area contributed by atoms with Crippen molar-refractivity contribution >= 4 is 11.5 Å². The molecule has 0 bridgehead atoms. The molecule has 192 valence electrons. The molecule has 0 amide bonds. The van der Waals surface area contributed by atoms with Crippen LogP contribution < -0.4 is 5.32 Å². The molecule has 3 heteroatoms. The number of hydrogen-bond donors (Lipinski definition) is 1. The van der Waals surface area contributed by atoms with Crippen LogP contribution in [0.15, 0.2) is 63.8 Å². The number of rotatable bonds is 10. The van der Waals surface area contributed by atoms with Gasteiger partial charge in [0.15, 0.2) is 0 Å². The van der Waals surface area contributed by atoms with Crippen molar-refractivity contribution in [2.45, 2.75) is 107 Å². The fourth-order valence-electron chi connectivity index (χ4n) is 4.33. The number of nitrogens with zero attached hydrogens (tertiary/aromatic N) is 2. The third kappa shape index (κ3) is 8.94. The van der Waals surface area contributed by atoms with Crippen LogP contribution in [-0.4, -0.2) is 16.2 Å². The van der Waals surface area contributed by atoms with Gasteiger partial charge in [-0.15, -0.1) is 0 Å². The quantitative estimate of drug-likeness (QED) is 0.271. The van der Waals surface area contributed by atoms with E-state index in [-0.39, 0.29) is 5.54 Å². The molecule has 0 aromatic carbocycles. The van der Waals surface area contributed by atoms with Crippen molar-refractivity contribution < 1.29 is 0 Å². The molecule has 0 spiro atoms. The van der Waals surface area contributed by atoms with E-state index in [0.29, 0.717) is 11.8 Å². The molecule has 0 atom stereocenters. The SMILES string of the molecule is C\C=C/C(C)=C(/C=C\CC(C)C)C(=NC(CCc1ccc2c(n1)NC(C)(C)CC2)=C(C)C)C(C)C. The van der Waals surface area contributed by atoms with E-state index in [9.17, 15) is 0 Å². The van der Waals surface area contributed by atoms with E-state index in [1.807, 2.05) is 0 Å². The van der Waals surface area contributed by atoms with E-state index in [2.05, 4.69) is 111 Å². The van der Waals surface area contributed by atoms with E-state index >= 15 is 0 Å². The molecule has 35 heavy (non-hydrogen) atoms. The van der Waals surface area contributed by atoms with Crippen molar-refractivity contribution in [3.05, 3.63) is 70.1 Å². The maximum absolute atomic E-state index is 5.31. The average Bonchev–Trinajstić information content (AvgIpc) is 2.76. The highest BCUT2D eigenvalue weighted by Crippen LogP contribution is 2.29. The Bertz CT molecular complexity index is 1010. The lowest BCUT2D eigenvalue weighted by Crippen LogP contribution is -2.35. The minimum atomic E-state index is 0.108. The van der Waals surface area contributed by atoms with Gasteiger partial charge in [0.2, 0.25) is 0 Å². The van der Waals surface area contributed by atoms with Crippen LogP contribution in [0.5, 0.6) is 0 Å². The summed E-state index contributed by atoms with van der Waals surface area (Å²) in [5.41, 5.74) is 8.69. The molecule has 0 aliphatic carbocycles. The third-order valence-corrected chi connectivity index (χ3v) is 6.52. The Hall–Kier alpha value is -2.42. The zero-order chi connectivity index (χ0) is 26.2. The lowest BCUT2D eigenvalue weighted by Gasteiger charge is -2.33. The number of anilines is 1. The van der Waals surface area contributed by atoms with Crippen molar-refractivity contribution in [2.24, 2.45) is 16.8 Å². The van der Waals surface area contributed by atoms with Gasteiger partial charge >= 0.3 is 0 Å². The van der Waals surface area contributed by atoms with E-state index < -0.39 is 0 Å². The summed E-state index contributed by atoms with van der Waals surface area (Å²) in [7, 11) is 0.